The highest BCUT2D eigenvalue weighted by atomic mass is 35.5. The summed E-state index contributed by atoms with van der Waals surface area (Å²) in [5, 5.41) is 2.38. The molecule has 2 aliphatic heterocycles. The topological polar surface area (TPSA) is 111 Å². The summed E-state index contributed by atoms with van der Waals surface area (Å²) < 4.78 is 15.8. The number of halogens is 1. The van der Waals surface area contributed by atoms with E-state index < -0.39 is 23.4 Å². The molecule has 2 atom stereocenters. The third-order valence-electron chi connectivity index (χ3n) is 5.91. The van der Waals surface area contributed by atoms with E-state index in [9.17, 15) is 19.2 Å². The van der Waals surface area contributed by atoms with Crippen molar-refractivity contribution >= 4 is 58.9 Å². The van der Waals surface area contributed by atoms with E-state index >= 15 is 0 Å². The third-order valence-corrected chi connectivity index (χ3v) is 8.65. The maximum Gasteiger partial charge on any atom is 0.356 e. The first kappa shape index (κ1) is 28.8. The molecule has 2 aromatic rings. The van der Waals surface area contributed by atoms with Gasteiger partial charge >= 0.3 is 11.9 Å². The normalized spacial score (nSPS) is 18.1. The van der Waals surface area contributed by atoms with Crippen molar-refractivity contribution in [2.75, 3.05) is 31.1 Å². The number of alkyl halides is 1. The molecule has 12 heteroatoms. The lowest BCUT2D eigenvalue weighted by Gasteiger charge is -2.49. The number of nitrogens with zero attached hydrogens (tertiary/aromatic N) is 1. The minimum atomic E-state index is -0.744. The first-order chi connectivity index (χ1) is 18.9. The molecule has 0 saturated carbocycles. The van der Waals surface area contributed by atoms with E-state index in [4.69, 9.17) is 25.8 Å². The van der Waals surface area contributed by atoms with Gasteiger partial charge in [0.15, 0.2) is 0 Å². The predicted octanol–water partition coefficient (Wildman–Crippen LogP) is 3.11. The Bertz CT molecular complexity index is 1240. The molecule has 206 valence electrons. The van der Waals surface area contributed by atoms with Gasteiger partial charge in [-0.1, -0.05) is 42.5 Å². The van der Waals surface area contributed by atoms with Crippen molar-refractivity contribution < 1.29 is 33.4 Å². The minimum absolute atomic E-state index is 0.00862. The van der Waals surface area contributed by atoms with Gasteiger partial charge in [-0.05, 0) is 23.3 Å². The highest BCUT2D eigenvalue weighted by molar-refractivity contribution is 8.06. The Hall–Kier alpha value is -3.15. The number of amides is 2. The molecule has 0 unspecified atom stereocenters. The number of β-lactam (4-membered cyclic amide) rings is 1. The molecule has 0 aliphatic carbocycles. The first-order valence-electron chi connectivity index (χ1n) is 12.1. The van der Waals surface area contributed by atoms with Gasteiger partial charge in [-0.3, -0.25) is 19.3 Å². The van der Waals surface area contributed by atoms with Crippen molar-refractivity contribution in [2.24, 2.45) is 0 Å². The molecule has 9 nitrogen and oxygen atoms in total. The third kappa shape index (κ3) is 7.28. The molecule has 0 aromatic heterocycles. The number of thioether (sulfide) groups is 2. The van der Waals surface area contributed by atoms with Crippen LogP contribution in [0.1, 0.15) is 11.1 Å². The van der Waals surface area contributed by atoms with E-state index in [1.807, 2.05) is 30.3 Å². The van der Waals surface area contributed by atoms with Gasteiger partial charge in [0.05, 0.1) is 13.5 Å². The number of carbonyl (C=O) groups is 4. The van der Waals surface area contributed by atoms with Crippen LogP contribution in [0.15, 0.2) is 65.2 Å². The lowest BCUT2D eigenvalue weighted by molar-refractivity contribution is -0.153. The van der Waals surface area contributed by atoms with Crippen molar-refractivity contribution in [3.05, 3.63) is 76.3 Å². The van der Waals surface area contributed by atoms with Crippen LogP contribution >= 0.6 is 35.1 Å². The number of esters is 2. The Labute approximate surface area is 239 Å². The van der Waals surface area contributed by atoms with Crippen LogP contribution in [0, 0.1) is 0 Å². The summed E-state index contributed by atoms with van der Waals surface area (Å²) in [6, 6.07) is 15.6. The van der Waals surface area contributed by atoms with Gasteiger partial charge in [0, 0.05) is 16.4 Å². The second kappa shape index (κ2) is 13.8. The van der Waals surface area contributed by atoms with Gasteiger partial charge in [-0.25, -0.2) is 4.79 Å². The molecule has 1 fully saturated rings. The number of hydrogen-bond donors (Lipinski definition) is 1. The standard InChI is InChI=1S/C27H27ClN2O7S2/c1-35-19-9-7-18(8-10-19)15-37-27(34)24-20(38-12-11-36-22(32)14-28)16-39-26-23(25(33)30(24)26)29-21(31)13-17-5-3-2-4-6-17/h2-10,23,26H,11-16H2,1H3,(H,29,31)/t23-,26-/m0/s1. The van der Waals surface area contributed by atoms with Crippen molar-refractivity contribution in [3.63, 3.8) is 0 Å². The van der Waals surface area contributed by atoms with Crippen molar-refractivity contribution in [2.45, 2.75) is 24.4 Å². The van der Waals surface area contributed by atoms with Crippen LogP contribution in [0.2, 0.25) is 0 Å². The van der Waals surface area contributed by atoms with E-state index in [0.717, 1.165) is 11.1 Å². The maximum absolute atomic E-state index is 13.3. The molecule has 1 saturated heterocycles. The predicted molar refractivity (Wildman–Crippen MR) is 149 cm³/mol. The fourth-order valence-corrected chi connectivity index (χ4v) is 6.54. The van der Waals surface area contributed by atoms with Gasteiger partial charge in [-0.2, -0.15) is 0 Å². The number of carbonyl (C=O) groups excluding carboxylic acids is 4. The SMILES string of the molecule is COc1ccc(COC(=O)C2=C(SCCOC(=O)CCl)CS[C@H]3[C@@H](NC(=O)Cc4ccccc4)C(=O)N23)cc1. The van der Waals surface area contributed by atoms with Crippen molar-refractivity contribution in [3.8, 4) is 5.75 Å². The Morgan fingerprint density at radius 3 is 2.51 bits per heavy atom. The summed E-state index contributed by atoms with van der Waals surface area (Å²) in [7, 11) is 1.57. The summed E-state index contributed by atoms with van der Waals surface area (Å²) in [4.78, 5) is 52.5. The fraction of sp³-hybridized carbons (Fsp3) is 0.333. The molecular formula is C27H27ClN2O7S2. The largest absolute Gasteiger partial charge is 0.497 e. The second-order valence-electron chi connectivity index (χ2n) is 8.52. The van der Waals surface area contributed by atoms with Crippen molar-refractivity contribution in [1.82, 2.24) is 10.2 Å². The number of ether oxygens (including phenoxy) is 3. The van der Waals surface area contributed by atoms with Crippen LogP contribution in [0.5, 0.6) is 5.75 Å². The number of methoxy groups -OCH3 is 1. The van der Waals surface area contributed by atoms with Gasteiger partial charge < -0.3 is 19.5 Å². The van der Waals surface area contributed by atoms with E-state index in [0.29, 0.717) is 22.2 Å². The van der Waals surface area contributed by atoms with Gasteiger partial charge in [-0.15, -0.1) is 35.1 Å². The molecule has 2 amide bonds. The Morgan fingerprint density at radius 2 is 1.82 bits per heavy atom. The monoisotopic (exact) mass is 590 g/mol. The molecule has 2 heterocycles. The summed E-state index contributed by atoms with van der Waals surface area (Å²) >= 11 is 8.23. The molecule has 0 radical (unpaired) electrons. The lowest BCUT2D eigenvalue weighted by Crippen LogP contribution is -2.70. The number of rotatable bonds is 12. The molecule has 1 N–H and O–H groups in total. The van der Waals surface area contributed by atoms with Crippen LogP contribution in [0.4, 0.5) is 0 Å². The number of fused-ring (bicyclic) bond motifs is 1. The molecule has 2 aliphatic rings. The summed E-state index contributed by atoms with van der Waals surface area (Å²) in [5.41, 5.74) is 1.75. The Morgan fingerprint density at radius 1 is 1.08 bits per heavy atom. The molecular weight excluding hydrogens is 564 g/mol. The number of nitrogens with one attached hydrogen (secondary N) is 1. The highest BCUT2D eigenvalue weighted by Crippen LogP contribution is 2.43. The minimum Gasteiger partial charge on any atom is -0.497 e. The van der Waals surface area contributed by atoms with E-state index in [2.05, 4.69) is 5.32 Å². The average molecular weight is 591 g/mol. The van der Waals surface area contributed by atoms with Crippen LogP contribution in [0.25, 0.3) is 0 Å². The smallest absolute Gasteiger partial charge is 0.356 e. The van der Waals surface area contributed by atoms with E-state index in [1.54, 1.807) is 31.4 Å². The van der Waals surface area contributed by atoms with Crippen molar-refractivity contribution in [1.29, 1.82) is 0 Å². The van der Waals surface area contributed by atoms with Crippen LogP contribution in [-0.2, 0) is 41.7 Å². The van der Waals surface area contributed by atoms with Gasteiger partial charge in [0.25, 0.3) is 5.91 Å². The van der Waals surface area contributed by atoms with Gasteiger partial charge in [0.1, 0.15) is 42.0 Å². The average Bonchev–Trinajstić information content (AvgIpc) is 2.97. The van der Waals surface area contributed by atoms with E-state index in [1.165, 1.54) is 28.4 Å². The van der Waals surface area contributed by atoms with Crippen LogP contribution < -0.4 is 10.1 Å². The Kier molecular flexibility index (Phi) is 10.2. The molecule has 0 spiro atoms. The molecule has 4 rings (SSSR count). The van der Waals surface area contributed by atoms with Gasteiger partial charge in [0.2, 0.25) is 5.91 Å². The molecule has 39 heavy (non-hydrogen) atoms. The van der Waals surface area contributed by atoms with E-state index in [-0.39, 0.29) is 43.0 Å². The zero-order chi connectivity index (χ0) is 27.8. The first-order valence-corrected chi connectivity index (χ1v) is 14.6. The molecule has 2 aromatic carbocycles. The number of benzene rings is 2. The maximum atomic E-state index is 13.3. The zero-order valence-electron chi connectivity index (χ0n) is 21.1. The van der Waals surface area contributed by atoms with Crippen LogP contribution in [0.3, 0.4) is 0 Å². The quantitative estimate of drug-likeness (QED) is 0.172. The second-order valence-corrected chi connectivity index (χ2v) is 11.1. The Balaban J connectivity index is 1.44. The molecule has 0 bridgehead atoms. The summed E-state index contributed by atoms with van der Waals surface area (Å²) in [6.07, 6.45) is 0.150. The summed E-state index contributed by atoms with van der Waals surface area (Å²) in [5.74, 6) is -0.578. The summed E-state index contributed by atoms with van der Waals surface area (Å²) in [6.45, 7) is 0.114. The lowest BCUT2D eigenvalue weighted by atomic mass is 10.0. The number of hydrogen-bond acceptors (Lipinski definition) is 9. The zero-order valence-corrected chi connectivity index (χ0v) is 23.5. The highest BCUT2D eigenvalue weighted by Gasteiger charge is 2.54. The fourth-order valence-electron chi connectivity index (χ4n) is 4.00. The van der Waals surface area contributed by atoms with Crippen LogP contribution in [-0.4, -0.2) is 71.2 Å².